The molecule has 0 bridgehead atoms. The molecule has 0 spiro atoms. The van der Waals surface area contributed by atoms with Crippen molar-refractivity contribution in [3.63, 3.8) is 0 Å². The predicted molar refractivity (Wildman–Crippen MR) is 78.6 cm³/mol. The summed E-state index contributed by atoms with van der Waals surface area (Å²) in [5.74, 6) is 1.22. The maximum atomic E-state index is 13.0. The number of pyridine rings is 1. The van der Waals surface area contributed by atoms with Gasteiger partial charge in [0.25, 0.3) is 0 Å². The molecule has 1 aromatic heterocycles. The molecular formula is C15H22F3N3. The Labute approximate surface area is 123 Å². The normalized spacial score (nSPS) is 19.7. The first-order valence-corrected chi connectivity index (χ1v) is 7.48. The second kappa shape index (κ2) is 6.54. The molecule has 0 aromatic carbocycles. The minimum atomic E-state index is -4.35. The van der Waals surface area contributed by atoms with Crippen LogP contribution in [-0.4, -0.2) is 24.6 Å². The van der Waals surface area contributed by atoms with Crippen LogP contribution in [0.15, 0.2) is 12.1 Å². The summed E-state index contributed by atoms with van der Waals surface area (Å²) >= 11 is 0. The lowest BCUT2D eigenvalue weighted by atomic mass is 10.0. The molecule has 1 saturated heterocycles. The Morgan fingerprint density at radius 2 is 2.14 bits per heavy atom. The third kappa shape index (κ3) is 4.25. The van der Waals surface area contributed by atoms with Crippen LogP contribution in [0.1, 0.15) is 38.7 Å². The maximum absolute atomic E-state index is 13.0. The molecule has 0 radical (unpaired) electrons. The first kappa shape index (κ1) is 15.9. The third-order valence-corrected chi connectivity index (χ3v) is 3.68. The van der Waals surface area contributed by atoms with Crippen LogP contribution in [0.2, 0.25) is 0 Å². The molecule has 1 aromatic rings. The van der Waals surface area contributed by atoms with Gasteiger partial charge in [-0.1, -0.05) is 13.8 Å². The average molecular weight is 301 g/mol. The van der Waals surface area contributed by atoms with Gasteiger partial charge in [-0.3, -0.25) is 0 Å². The van der Waals surface area contributed by atoms with E-state index in [0.717, 1.165) is 44.5 Å². The van der Waals surface area contributed by atoms with Crippen molar-refractivity contribution in [2.45, 2.75) is 39.3 Å². The zero-order chi connectivity index (χ0) is 15.5. The van der Waals surface area contributed by atoms with Crippen LogP contribution in [0, 0.1) is 5.92 Å². The third-order valence-electron chi connectivity index (χ3n) is 3.68. The Morgan fingerprint density at radius 1 is 1.38 bits per heavy atom. The summed E-state index contributed by atoms with van der Waals surface area (Å²) in [6.45, 7) is 6.24. The van der Waals surface area contributed by atoms with Crippen molar-refractivity contribution in [2.75, 3.05) is 29.9 Å². The highest BCUT2D eigenvalue weighted by molar-refractivity contribution is 5.51. The van der Waals surface area contributed by atoms with E-state index in [1.54, 1.807) is 0 Å². The second-order valence-corrected chi connectivity index (χ2v) is 5.72. The summed E-state index contributed by atoms with van der Waals surface area (Å²) in [5, 5.41) is 2.96. The number of anilines is 2. The van der Waals surface area contributed by atoms with Crippen molar-refractivity contribution < 1.29 is 13.2 Å². The zero-order valence-corrected chi connectivity index (χ0v) is 12.5. The van der Waals surface area contributed by atoms with Gasteiger partial charge in [0.2, 0.25) is 0 Å². The minimum Gasteiger partial charge on any atom is -0.370 e. The van der Waals surface area contributed by atoms with E-state index in [9.17, 15) is 13.2 Å². The highest BCUT2D eigenvalue weighted by atomic mass is 19.4. The zero-order valence-electron chi connectivity index (χ0n) is 12.5. The van der Waals surface area contributed by atoms with Crippen LogP contribution in [0.4, 0.5) is 24.8 Å². The van der Waals surface area contributed by atoms with Crippen molar-refractivity contribution in [3.8, 4) is 0 Å². The standard InChI is InChI=1S/C15H22F3N3/c1-3-6-19-13-8-12(15(16,17)18)9-14(20-13)21-7-4-5-11(2)10-21/h8-9,11H,3-7,10H2,1-2H3,(H,19,20). The average Bonchev–Trinajstić information content (AvgIpc) is 2.44. The summed E-state index contributed by atoms with van der Waals surface area (Å²) in [7, 11) is 0. The van der Waals surface area contributed by atoms with E-state index in [0.29, 0.717) is 24.1 Å². The number of halogens is 3. The van der Waals surface area contributed by atoms with Gasteiger partial charge in [-0.15, -0.1) is 0 Å². The molecule has 1 aliphatic heterocycles. The quantitative estimate of drug-likeness (QED) is 0.905. The molecule has 1 fully saturated rings. The summed E-state index contributed by atoms with van der Waals surface area (Å²) in [6, 6.07) is 2.25. The van der Waals surface area contributed by atoms with E-state index >= 15 is 0 Å². The Balaban J connectivity index is 2.30. The van der Waals surface area contributed by atoms with Crippen molar-refractivity contribution >= 4 is 11.6 Å². The highest BCUT2D eigenvalue weighted by Gasteiger charge is 2.32. The fourth-order valence-corrected chi connectivity index (χ4v) is 2.58. The van der Waals surface area contributed by atoms with E-state index in [2.05, 4.69) is 17.2 Å². The fourth-order valence-electron chi connectivity index (χ4n) is 2.58. The van der Waals surface area contributed by atoms with Crippen molar-refractivity contribution in [1.82, 2.24) is 4.98 Å². The number of hydrogen-bond acceptors (Lipinski definition) is 3. The second-order valence-electron chi connectivity index (χ2n) is 5.72. The molecule has 1 N–H and O–H groups in total. The lowest BCUT2D eigenvalue weighted by Gasteiger charge is -2.32. The molecule has 1 atom stereocenters. The number of aromatic nitrogens is 1. The molecule has 1 aliphatic rings. The first-order valence-electron chi connectivity index (χ1n) is 7.48. The predicted octanol–water partition coefficient (Wildman–Crippen LogP) is 4.16. The topological polar surface area (TPSA) is 28.2 Å². The van der Waals surface area contributed by atoms with Crippen LogP contribution in [0.25, 0.3) is 0 Å². The van der Waals surface area contributed by atoms with E-state index in [4.69, 9.17) is 0 Å². The minimum absolute atomic E-state index is 0.305. The van der Waals surface area contributed by atoms with E-state index < -0.39 is 11.7 Å². The molecular weight excluding hydrogens is 279 g/mol. The van der Waals surface area contributed by atoms with Gasteiger partial charge in [-0.25, -0.2) is 4.98 Å². The molecule has 6 heteroatoms. The van der Waals surface area contributed by atoms with Gasteiger partial charge < -0.3 is 10.2 Å². The summed E-state index contributed by atoms with van der Waals surface area (Å²) in [6.07, 6.45) is -1.39. The molecule has 3 nitrogen and oxygen atoms in total. The lowest BCUT2D eigenvalue weighted by molar-refractivity contribution is -0.137. The maximum Gasteiger partial charge on any atom is 0.416 e. The molecule has 2 rings (SSSR count). The van der Waals surface area contributed by atoms with Crippen LogP contribution in [0.3, 0.4) is 0 Å². The van der Waals surface area contributed by atoms with E-state index in [-0.39, 0.29) is 0 Å². The molecule has 118 valence electrons. The molecule has 0 amide bonds. The summed E-state index contributed by atoms with van der Waals surface area (Å²) < 4.78 is 39.1. The van der Waals surface area contributed by atoms with Gasteiger partial charge in [0.15, 0.2) is 0 Å². The van der Waals surface area contributed by atoms with Gasteiger partial charge in [-0.05, 0) is 37.3 Å². The van der Waals surface area contributed by atoms with Gasteiger partial charge >= 0.3 is 6.18 Å². The first-order chi connectivity index (χ1) is 9.90. The molecule has 1 unspecified atom stereocenters. The molecule has 2 heterocycles. The lowest BCUT2D eigenvalue weighted by Crippen LogP contribution is -2.35. The Kier molecular flexibility index (Phi) is 4.96. The summed E-state index contributed by atoms with van der Waals surface area (Å²) in [4.78, 5) is 6.32. The smallest absolute Gasteiger partial charge is 0.370 e. The number of nitrogens with zero attached hydrogens (tertiary/aromatic N) is 2. The van der Waals surface area contributed by atoms with Gasteiger partial charge in [0.05, 0.1) is 5.56 Å². The number of nitrogens with one attached hydrogen (secondary N) is 1. The van der Waals surface area contributed by atoms with Crippen LogP contribution >= 0.6 is 0 Å². The number of alkyl halides is 3. The van der Waals surface area contributed by atoms with Crippen LogP contribution in [0.5, 0.6) is 0 Å². The van der Waals surface area contributed by atoms with Gasteiger partial charge in [0.1, 0.15) is 11.6 Å². The molecule has 0 aliphatic carbocycles. The van der Waals surface area contributed by atoms with Crippen LogP contribution in [-0.2, 0) is 6.18 Å². The molecule has 21 heavy (non-hydrogen) atoms. The highest BCUT2D eigenvalue weighted by Crippen LogP contribution is 2.33. The molecule has 0 saturated carbocycles. The van der Waals surface area contributed by atoms with Crippen molar-refractivity contribution in [3.05, 3.63) is 17.7 Å². The van der Waals surface area contributed by atoms with Crippen molar-refractivity contribution in [1.29, 1.82) is 0 Å². The largest absolute Gasteiger partial charge is 0.416 e. The SMILES string of the molecule is CCCNc1cc(C(F)(F)F)cc(N2CCCC(C)C2)n1. The van der Waals surface area contributed by atoms with Crippen LogP contribution < -0.4 is 10.2 Å². The number of hydrogen-bond donors (Lipinski definition) is 1. The van der Waals surface area contributed by atoms with Gasteiger partial charge in [-0.2, -0.15) is 13.2 Å². The number of rotatable bonds is 4. The monoisotopic (exact) mass is 301 g/mol. The Morgan fingerprint density at radius 3 is 2.76 bits per heavy atom. The van der Waals surface area contributed by atoms with Gasteiger partial charge in [0, 0.05) is 19.6 Å². The van der Waals surface area contributed by atoms with Crippen molar-refractivity contribution in [2.24, 2.45) is 5.92 Å². The fraction of sp³-hybridized carbons (Fsp3) is 0.667. The number of piperidine rings is 1. The Hall–Kier alpha value is -1.46. The van der Waals surface area contributed by atoms with E-state index in [1.807, 2.05) is 11.8 Å². The van der Waals surface area contributed by atoms with E-state index in [1.165, 1.54) is 0 Å². The summed E-state index contributed by atoms with van der Waals surface area (Å²) in [5.41, 5.74) is -0.635. The Bertz CT molecular complexity index is 474.